The Morgan fingerprint density at radius 2 is 1.80 bits per heavy atom. The second-order valence-corrected chi connectivity index (χ2v) is 4.72. The van der Waals surface area contributed by atoms with E-state index in [0.717, 1.165) is 25.7 Å². The van der Waals surface area contributed by atoms with Gasteiger partial charge in [0.1, 0.15) is 0 Å². The monoisotopic (exact) mass is 209 g/mol. The number of hydrogen-bond donors (Lipinski definition) is 0. The molecule has 3 heteroatoms. The molecule has 0 aromatic rings. The molecule has 1 aliphatic heterocycles. The third-order valence-corrected chi connectivity index (χ3v) is 4.02. The molecular formula is C12H19NO2. The average molecular weight is 209 g/mol. The molecule has 0 aromatic heterocycles. The Morgan fingerprint density at radius 3 is 2.40 bits per heavy atom. The fourth-order valence-electron chi connectivity index (χ4n) is 3.02. The minimum Gasteiger partial charge on any atom is -0.282 e. The lowest BCUT2D eigenvalue weighted by Crippen LogP contribution is -2.30. The molecule has 3 unspecified atom stereocenters. The minimum atomic E-state index is 0.0103. The van der Waals surface area contributed by atoms with Gasteiger partial charge in [-0.25, -0.2) is 0 Å². The minimum absolute atomic E-state index is 0.0103. The van der Waals surface area contributed by atoms with Crippen molar-refractivity contribution in [1.82, 2.24) is 4.90 Å². The Labute approximate surface area is 90.8 Å². The molecule has 0 spiro atoms. The number of hydrogen-bond acceptors (Lipinski definition) is 2. The van der Waals surface area contributed by atoms with Crippen LogP contribution in [0.4, 0.5) is 0 Å². The van der Waals surface area contributed by atoms with Crippen LogP contribution in [0.1, 0.15) is 39.5 Å². The number of carbonyl (C=O) groups excluding carboxylic acids is 2. The standard InChI is InChI=1S/C12H19NO2/c1-3-8-5-6-9-10(7-8)12(15)13(4-2)11(9)14/h8-10H,3-7H2,1-2H3. The summed E-state index contributed by atoms with van der Waals surface area (Å²) < 4.78 is 0. The molecular weight excluding hydrogens is 190 g/mol. The van der Waals surface area contributed by atoms with Crippen molar-refractivity contribution in [3.8, 4) is 0 Å². The van der Waals surface area contributed by atoms with E-state index < -0.39 is 0 Å². The highest BCUT2D eigenvalue weighted by molar-refractivity contribution is 6.05. The molecule has 0 aromatic carbocycles. The van der Waals surface area contributed by atoms with Gasteiger partial charge in [-0.2, -0.15) is 0 Å². The summed E-state index contributed by atoms with van der Waals surface area (Å²) in [7, 11) is 0. The number of likely N-dealkylation sites (tertiary alicyclic amines) is 1. The van der Waals surface area contributed by atoms with E-state index in [2.05, 4.69) is 6.92 Å². The van der Waals surface area contributed by atoms with E-state index in [4.69, 9.17) is 0 Å². The van der Waals surface area contributed by atoms with Crippen LogP contribution >= 0.6 is 0 Å². The van der Waals surface area contributed by atoms with Gasteiger partial charge < -0.3 is 0 Å². The SMILES string of the molecule is CCC1CCC2C(=O)N(CC)C(=O)C2C1. The van der Waals surface area contributed by atoms with Crippen LogP contribution in [-0.2, 0) is 9.59 Å². The molecule has 2 fully saturated rings. The second kappa shape index (κ2) is 3.95. The van der Waals surface area contributed by atoms with Gasteiger partial charge in [0.2, 0.25) is 11.8 Å². The lowest BCUT2D eigenvalue weighted by atomic mass is 9.74. The van der Waals surface area contributed by atoms with Gasteiger partial charge >= 0.3 is 0 Å². The van der Waals surface area contributed by atoms with E-state index in [1.807, 2.05) is 6.92 Å². The summed E-state index contributed by atoms with van der Waals surface area (Å²) in [6, 6.07) is 0. The molecule has 1 aliphatic carbocycles. The molecule has 2 rings (SSSR count). The van der Waals surface area contributed by atoms with Crippen molar-refractivity contribution in [1.29, 1.82) is 0 Å². The maximum Gasteiger partial charge on any atom is 0.233 e. The highest BCUT2D eigenvalue weighted by Crippen LogP contribution is 2.41. The summed E-state index contributed by atoms with van der Waals surface area (Å²) >= 11 is 0. The number of amides is 2. The van der Waals surface area contributed by atoms with Crippen LogP contribution in [0.5, 0.6) is 0 Å². The fraction of sp³-hybridized carbons (Fsp3) is 0.833. The number of imide groups is 1. The normalized spacial score (nSPS) is 35.9. The quantitative estimate of drug-likeness (QED) is 0.650. The Balaban J connectivity index is 2.15. The van der Waals surface area contributed by atoms with Gasteiger partial charge in [0, 0.05) is 6.54 Å². The van der Waals surface area contributed by atoms with Crippen molar-refractivity contribution in [3.05, 3.63) is 0 Å². The first-order chi connectivity index (χ1) is 7.19. The summed E-state index contributed by atoms with van der Waals surface area (Å²) in [6.07, 6.45) is 4.11. The zero-order chi connectivity index (χ0) is 11.0. The van der Waals surface area contributed by atoms with Crippen molar-refractivity contribution < 1.29 is 9.59 Å². The molecule has 15 heavy (non-hydrogen) atoms. The number of carbonyl (C=O) groups is 2. The summed E-state index contributed by atoms with van der Waals surface area (Å²) in [5, 5.41) is 0. The van der Waals surface area contributed by atoms with Crippen molar-refractivity contribution in [2.24, 2.45) is 17.8 Å². The lowest BCUT2D eigenvalue weighted by Gasteiger charge is -2.27. The van der Waals surface area contributed by atoms with Gasteiger partial charge in [0.25, 0.3) is 0 Å². The number of nitrogens with zero attached hydrogens (tertiary/aromatic N) is 1. The van der Waals surface area contributed by atoms with Crippen molar-refractivity contribution in [2.75, 3.05) is 6.54 Å². The third-order valence-electron chi connectivity index (χ3n) is 4.02. The summed E-state index contributed by atoms with van der Waals surface area (Å²) in [5.41, 5.74) is 0. The van der Waals surface area contributed by atoms with Gasteiger partial charge in [-0.3, -0.25) is 14.5 Å². The summed E-state index contributed by atoms with van der Waals surface area (Å²) in [6.45, 7) is 4.59. The molecule has 2 amide bonds. The van der Waals surface area contributed by atoms with E-state index in [-0.39, 0.29) is 23.7 Å². The Hall–Kier alpha value is -0.860. The zero-order valence-electron chi connectivity index (χ0n) is 9.53. The molecule has 2 aliphatic rings. The molecule has 0 N–H and O–H groups in total. The average Bonchev–Trinajstić information content (AvgIpc) is 2.51. The van der Waals surface area contributed by atoms with Crippen LogP contribution in [-0.4, -0.2) is 23.3 Å². The lowest BCUT2D eigenvalue weighted by molar-refractivity contribution is -0.139. The molecule has 0 bridgehead atoms. The van der Waals surface area contributed by atoms with E-state index >= 15 is 0 Å². The van der Waals surface area contributed by atoms with E-state index in [1.54, 1.807) is 0 Å². The first-order valence-electron chi connectivity index (χ1n) is 6.04. The van der Waals surface area contributed by atoms with Gasteiger partial charge in [0.15, 0.2) is 0 Å². The Kier molecular flexibility index (Phi) is 2.81. The first-order valence-corrected chi connectivity index (χ1v) is 6.04. The Morgan fingerprint density at radius 1 is 1.13 bits per heavy atom. The third kappa shape index (κ3) is 1.58. The van der Waals surface area contributed by atoms with Crippen molar-refractivity contribution in [3.63, 3.8) is 0 Å². The maximum absolute atomic E-state index is 11.9. The molecule has 0 radical (unpaired) electrons. The molecule has 1 heterocycles. The molecule has 84 valence electrons. The zero-order valence-corrected chi connectivity index (χ0v) is 9.53. The molecule has 3 atom stereocenters. The van der Waals surface area contributed by atoms with Crippen LogP contribution in [0.15, 0.2) is 0 Å². The number of rotatable bonds is 2. The van der Waals surface area contributed by atoms with Crippen LogP contribution in [0.25, 0.3) is 0 Å². The maximum atomic E-state index is 11.9. The molecule has 3 nitrogen and oxygen atoms in total. The van der Waals surface area contributed by atoms with Crippen molar-refractivity contribution >= 4 is 11.8 Å². The smallest absolute Gasteiger partial charge is 0.233 e. The predicted octanol–water partition coefficient (Wildman–Crippen LogP) is 1.82. The largest absolute Gasteiger partial charge is 0.282 e. The number of fused-ring (bicyclic) bond motifs is 1. The predicted molar refractivity (Wildman–Crippen MR) is 57.0 cm³/mol. The van der Waals surface area contributed by atoms with E-state index in [1.165, 1.54) is 4.90 Å². The van der Waals surface area contributed by atoms with Crippen LogP contribution in [0.2, 0.25) is 0 Å². The topological polar surface area (TPSA) is 37.4 Å². The summed E-state index contributed by atoms with van der Waals surface area (Å²) in [4.78, 5) is 25.3. The van der Waals surface area contributed by atoms with Crippen LogP contribution < -0.4 is 0 Å². The second-order valence-electron chi connectivity index (χ2n) is 4.72. The van der Waals surface area contributed by atoms with Gasteiger partial charge in [-0.15, -0.1) is 0 Å². The first kappa shape index (κ1) is 10.7. The van der Waals surface area contributed by atoms with Crippen LogP contribution in [0, 0.1) is 17.8 Å². The Bertz CT molecular complexity index is 287. The highest BCUT2D eigenvalue weighted by atomic mass is 16.2. The van der Waals surface area contributed by atoms with E-state index in [9.17, 15) is 9.59 Å². The van der Waals surface area contributed by atoms with Gasteiger partial charge in [0.05, 0.1) is 11.8 Å². The van der Waals surface area contributed by atoms with Gasteiger partial charge in [-0.1, -0.05) is 13.3 Å². The van der Waals surface area contributed by atoms with Gasteiger partial charge in [-0.05, 0) is 32.1 Å². The van der Waals surface area contributed by atoms with Crippen LogP contribution in [0.3, 0.4) is 0 Å². The fourth-order valence-corrected chi connectivity index (χ4v) is 3.02. The molecule has 1 saturated heterocycles. The highest BCUT2D eigenvalue weighted by Gasteiger charge is 2.48. The van der Waals surface area contributed by atoms with Crippen molar-refractivity contribution in [2.45, 2.75) is 39.5 Å². The molecule has 1 saturated carbocycles. The van der Waals surface area contributed by atoms with E-state index in [0.29, 0.717) is 12.5 Å². The summed E-state index contributed by atoms with van der Waals surface area (Å²) in [5.74, 6) is 0.851.